The van der Waals surface area contributed by atoms with Gasteiger partial charge in [0.05, 0.1) is 6.54 Å². The SMILES string of the molecule is CCC[NH+](CC(=O)Nc1ccc(C(N)=O)cc1)CC(=O)Nc1ccccc1C. The van der Waals surface area contributed by atoms with Crippen molar-refractivity contribution < 1.29 is 19.3 Å². The number of benzene rings is 2. The first-order valence-electron chi connectivity index (χ1n) is 9.27. The van der Waals surface area contributed by atoms with Gasteiger partial charge < -0.3 is 21.3 Å². The predicted molar refractivity (Wildman–Crippen MR) is 109 cm³/mol. The summed E-state index contributed by atoms with van der Waals surface area (Å²) in [5.74, 6) is -0.841. The molecule has 0 aliphatic carbocycles. The van der Waals surface area contributed by atoms with Crippen molar-refractivity contribution in [2.45, 2.75) is 20.3 Å². The maximum absolute atomic E-state index is 12.4. The van der Waals surface area contributed by atoms with E-state index in [1.54, 1.807) is 24.3 Å². The Morgan fingerprint density at radius 1 is 0.929 bits per heavy atom. The molecule has 28 heavy (non-hydrogen) atoms. The maximum Gasteiger partial charge on any atom is 0.279 e. The van der Waals surface area contributed by atoms with Crippen LogP contribution in [0.15, 0.2) is 48.5 Å². The summed E-state index contributed by atoms with van der Waals surface area (Å²) >= 11 is 0. The number of nitrogens with two attached hydrogens (primary N) is 1. The van der Waals surface area contributed by atoms with E-state index in [9.17, 15) is 14.4 Å². The number of amides is 3. The molecule has 0 aromatic heterocycles. The largest absolute Gasteiger partial charge is 0.366 e. The third-order valence-electron chi connectivity index (χ3n) is 4.30. The molecule has 0 aliphatic rings. The molecule has 0 bridgehead atoms. The lowest BCUT2D eigenvalue weighted by Gasteiger charge is -2.18. The van der Waals surface area contributed by atoms with Crippen molar-refractivity contribution in [1.29, 1.82) is 0 Å². The fraction of sp³-hybridized carbons (Fsp3) is 0.286. The number of hydrogen-bond donors (Lipinski definition) is 4. The standard InChI is InChI=1S/C21H26N4O3/c1-3-12-25(14-20(27)24-18-7-5-4-6-15(18)2)13-19(26)23-17-10-8-16(9-11-17)21(22)28/h4-11H,3,12-14H2,1-2H3,(H2,22,28)(H,23,26)(H,24,27)/p+1. The zero-order chi connectivity index (χ0) is 20.5. The summed E-state index contributed by atoms with van der Waals surface area (Å²) in [5, 5.41) is 5.69. The predicted octanol–water partition coefficient (Wildman–Crippen LogP) is 0.966. The number of rotatable bonds is 9. The molecule has 3 amide bonds. The Labute approximate surface area is 164 Å². The van der Waals surface area contributed by atoms with Crippen LogP contribution in [0.2, 0.25) is 0 Å². The van der Waals surface area contributed by atoms with Gasteiger partial charge in [0.2, 0.25) is 5.91 Å². The number of para-hydroxylation sites is 1. The van der Waals surface area contributed by atoms with Crippen molar-refractivity contribution in [2.75, 3.05) is 30.3 Å². The van der Waals surface area contributed by atoms with Crippen LogP contribution in [-0.2, 0) is 9.59 Å². The van der Waals surface area contributed by atoms with Crippen molar-refractivity contribution in [2.24, 2.45) is 5.73 Å². The van der Waals surface area contributed by atoms with Crippen LogP contribution in [0, 0.1) is 6.92 Å². The Morgan fingerprint density at radius 2 is 1.54 bits per heavy atom. The third-order valence-corrected chi connectivity index (χ3v) is 4.30. The first-order chi connectivity index (χ1) is 13.4. The first kappa shape index (κ1) is 21.1. The Balaban J connectivity index is 1.91. The molecule has 2 rings (SSSR count). The van der Waals surface area contributed by atoms with Crippen molar-refractivity contribution in [3.8, 4) is 0 Å². The lowest BCUT2D eigenvalue weighted by molar-refractivity contribution is -0.883. The quantitative estimate of drug-likeness (QED) is 0.518. The number of quaternary nitrogens is 1. The minimum absolute atomic E-state index is 0.128. The summed E-state index contributed by atoms with van der Waals surface area (Å²) in [6.45, 7) is 5.03. The minimum Gasteiger partial charge on any atom is -0.366 e. The Hall–Kier alpha value is -3.19. The van der Waals surface area contributed by atoms with Crippen molar-refractivity contribution >= 4 is 29.1 Å². The van der Waals surface area contributed by atoms with Gasteiger partial charge in [-0.1, -0.05) is 25.1 Å². The molecule has 0 saturated carbocycles. The molecule has 2 aromatic rings. The highest BCUT2D eigenvalue weighted by Crippen LogP contribution is 2.12. The summed E-state index contributed by atoms with van der Waals surface area (Å²) in [6.07, 6.45) is 0.855. The lowest BCUT2D eigenvalue weighted by atomic mass is 10.2. The second-order valence-corrected chi connectivity index (χ2v) is 6.71. The van der Waals surface area contributed by atoms with Gasteiger partial charge in [-0.3, -0.25) is 14.4 Å². The Bertz CT molecular complexity index is 834. The van der Waals surface area contributed by atoms with Gasteiger partial charge in [0.15, 0.2) is 13.1 Å². The number of anilines is 2. The van der Waals surface area contributed by atoms with E-state index in [2.05, 4.69) is 10.6 Å². The van der Waals surface area contributed by atoms with E-state index >= 15 is 0 Å². The van der Waals surface area contributed by atoms with Crippen LogP contribution in [0.1, 0.15) is 29.3 Å². The van der Waals surface area contributed by atoms with Crippen LogP contribution in [-0.4, -0.2) is 37.4 Å². The van der Waals surface area contributed by atoms with E-state index in [4.69, 9.17) is 5.73 Å². The molecule has 0 spiro atoms. The molecule has 7 nitrogen and oxygen atoms in total. The minimum atomic E-state index is -0.517. The maximum atomic E-state index is 12.4. The van der Waals surface area contributed by atoms with Crippen LogP contribution < -0.4 is 21.3 Å². The second-order valence-electron chi connectivity index (χ2n) is 6.71. The van der Waals surface area contributed by atoms with Crippen LogP contribution in [0.5, 0.6) is 0 Å². The number of hydrogen-bond acceptors (Lipinski definition) is 3. The summed E-state index contributed by atoms with van der Waals surface area (Å²) < 4.78 is 0. The topological polar surface area (TPSA) is 106 Å². The summed E-state index contributed by atoms with van der Waals surface area (Å²) in [5.41, 5.74) is 7.94. The summed E-state index contributed by atoms with van der Waals surface area (Å²) in [4.78, 5) is 36.7. The molecule has 148 valence electrons. The molecule has 0 aliphatic heterocycles. The molecular formula is C21H27N4O3+. The van der Waals surface area contributed by atoms with Gasteiger partial charge in [0.25, 0.3) is 11.8 Å². The lowest BCUT2D eigenvalue weighted by Crippen LogP contribution is -3.14. The van der Waals surface area contributed by atoms with Crippen molar-refractivity contribution in [1.82, 2.24) is 0 Å². The molecule has 0 radical (unpaired) electrons. The molecule has 0 fully saturated rings. The fourth-order valence-electron chi connectivity index (χ4n) is 2.88. The van der Waals surface area contributed by atoms with Crippen LogP contribution in [0.3, 0.4) is 0 Å². The number of primary amides is 1. The molecule has 0 heterocycles. The van der Waals surface area contributed by atoms with E-state index < -0.39 is 5.91 Å². The average Bonchev–Trinajstić information content (AvgIpc) is 2.64. The van der Waals surface area contributed by atoms with Gasteiger partial charge in [-0.15, -0.1) is 0 Å². The molecule has 2 aromatic carbocycles. The van der Waals surface area contributed by atoms with E-state index in [1.165, 1.54) is 0 Å². The normalized spacial score (nSPS) is 11.5. The van der Waals surface area contributed by atoms with E-state index in [-0.39, 0.29) is 24.9 Å². The fourth-order valence-corrected chi connectivity index (χ4v) is 2.88. The van der Waals surface area contributed by atoms with Crippen LogP contribution in [0.4, 0.5) is 11.4 Å². The Morgan fingerprint density at radius 3 is 2.11 bits per heavy atom. The highest BCUT2D eigenvalue weighted by atomic mass is 16.2. The van der Waals surface area contributed by atoms with Gasteiger partial charge in [0, 0.05) is 16.9 Å². The first-order valence-corrected chi connectivity index (χ1v) is 9.27. The van der Waals surface area contributed by atoms with Gasteiger partial charge in [-0.25, -0.2) is 0 Å². The van der Waals surface area contributed by atoms with Crippen molar-refractivity contribution in [3.05, 3.63) is 59.7 Å². The van der Waals surface area contributed by atoms with E-state index in [0.29, 0.717) is 17.8 Å². The molecule has 1 atom stereocenters. The molecule has 1 unspecified atom stereocenters. The van der Waals surface area contributed by atoms with Crippen molar-refractivity contribution in [3.63, 3.8) is 0 Å². The highest BCUT2D eigenvalue weighted by Gasteiger charge is 2.18. The zero-order valence-electron chi connectivity index (χ0n) is 16.2. The molecule has 0 saturated heterocycles. The summed E-state index contributed by atoms with van der Waals surface area (Å²) in [6, 6.07) is 14.0. The number of aryl methyl sites for hydroxylation is 1. The monoisotopic (exact) mass is 383 g/mol. The average molecular weight is 383 g/mol. The van der Waals surface area contributed by atoms with E-state index in [0.717, 1.165) is 22.6 Å². The third kappa shape index (κ3) is 6.51. The number of nitrogens with one attached hydrogen (secondary N) is 3. The Kier molecular flexibility index (Phi) is 7.71. The van der Waals surface area contributed by atoms with Gasteiger partial charge in [0.1, 0.15) is 0 Å². The summed E-state index contributed by atoms with van der Waals surface area (Å²) in [7, 11) is 0. The van der Waals surface area contributed by atoms with Gasteiger partial charge in [-0.05, 0) is 49.2 Å². The van der Waals surface area contributed by atoms with Gasteiger partial charge in [-0.2, -0.15) is 0 Å². The molecule has 7 heteroatoms. The number of carbonyl (C=O) groups excluding carboxylic acids is 3. The van der Waals surface area contributed by atoms with Crippen LogP contribution in [0.25, 0.3) is 0 Å². The second kappa shape index (κ2) is 10.2. The van der Waals surface area contributed by atoms with Crippen LogP contribution >= 0.6 is 0 Å². The smallest absolute Gasteiger partial charge is 0.279 e. The van der Waals surface area contributed by atoms with E-state index in [1.807, 2.05) is 38.1 Å². The highest BCUT2D eigenvalue weighted by molar-refractivity contribution is 5.95. The molecular weight excluding hydrogens is 356 g/mol. The number of carbonyl (C=O) groups is 3. The van der Waals surface area contributed by atoms with Gasteiger partial charge >= 0.3 is 0 Å². The molecule has 5 N–H and O–H groups in total. The zero-order valence-corrected chi connectivity index (χ0v) is 16.2.